The van der Waals surface area contributed by atoms with Gasteiger partial charge < -0.3 is 15.7 Å². The smallest absolute Gasteiger partial charge is 0.336 e. The maximum Gasteiger partial charge on any atom is 0.336 e. The number of benzene rings is 1. The van der Waals surface area contributed by atoms with Gasteiger partial charge in [0.15, 0.2) is 0 Å². The Morgan fingerprint density at radius 2 is 2.25 bits per heavy atom. The van der Waals surface area contributed by atoms with Crippen molar-refractivity contribution in [2.45, 2.75) is 26.2 Å². The van der Waals surface area contributed by atoms with Crippen molar-refractivity contribution in [2.75, 3.05) is 18.4 Å². The van der Waals surface area contributed by atoms with Gasteiger partial charge in [-0.05, 0) is 56.5 Å². The van der Waals surface area contributed by atoms with Crippen LogP contribution in [0.5, 0.6) is 0 Å². The lowest BCUT2D eigenvalue weighted by molar-refractivity contribution is -0.116. The van der Waals surface area contributed by atoms with E-state index >= 15 is 0 Å². The van der Waals surface area contributed by atoms with Crippen LogP contribution in [0.2, 0.25) is 0 Å². The topological polar surface area (TPSA) is 78.4 Å². The molecule has 1 heterocycles. The van der Waals surface area contributed by atoms with E-state index in [-0.39, 0.29) is 11.5 Å². The molecule has 1 unspecified atom stereocenters. The van der Waals surface area contributed by atoms with E-state index in [1.54, 1.807) is 19.1 Å². The van der Waals surface area contributed by atoms with Gasteiger partial charge >= 0.3 is 5.97 Å². The third-order valence-electron chi connectivity index (χ3n) is 3.69. The van der Waals surface area contributed by atoms with E-state index in [1.807, 2.05) is 0 Å². The average Bonchev–Trinajstić information content (AvgIpc) is 2.91. The molecule has 1 aromatic rings. The Kier molecular flexibility index (Phi) is 4.74. The quantitative estimate of drug-likeness (QED) is 0.769. The number of carbonyl (C=O) groups excluding carboxylic acids is 1. The number of carboxylic acids is 1. The van der Waals surface area contributed by atoms with Crippen LogP contribution in [0, 0.1) is 12.8 Å². The molecule has 1 aliphatic heterocycles. The molecule has 1 fully saturated rings. The third kappa shape index (κ3) is 3.81. The molecule has 1 aromatic carbocycles. The minimum atomic E-state index is -0.976. The first-order chi connectivity index (χ1) is 9.56. The molecule has 1 amide bonds. The van der Waals surface area contributed by atoms with Crippen LogP contribution < -0.4 is 10.6 Å². The molecule has 5 heteroatoms. The predicted octanol–water partition coefficient (Wildman–Crippen LogP) is 2.02. The van der Waals surface area contributed by atoms with Crippen molar-refractivity contribution in [3.8, 4) is 0 Å². The fourth-order valence-electron chi connectivity index (χ4n) is 2.45. The van der Waals surface area contributed by atoms with Crippen molar-refractivity contribution in [1.82, 2.24) is 5.32 Å². The Labute approximate surface area is 118 Å². The van der Waals surface area contributed by atoms with E-state index in [0.29, 0.717) is 23.6 Å². The van der Waals surface area contributed by atoms with Crippen molar-refractivity contribution in [1.29, 1.82) is 0 Å². The van der Waals surface area contributed by atoms with Crippen LogP contribution in [-0.2, 0) is 4.79 Å². The Bertz CT molecular complexity index is 508. The number of amides is 1. The molecule has 1 atom stereocenters. The van der Waals surface area contributed by atoms with Crippen LogP contribution in [0.4, 0.5) is 5.69 Å². The lowest BCUT2D eigenvalue weighted by Gasteiger charge is -2.10. The second-order valence-electron chi connectivity index (χ2n) is 5.28. The van der Waals surface area contributed by atoms with Crippen molar-refractivity contribution < 1.29 is 14.7 Å². The van der Waals surface area contributed by atoms with Gasteiger partial charge in [0.25, 0.3) is 0 Å². The van der Waals surface area contributed by atoms with Gasteiger partial charge in [-0.2, -0.15) is 0 Å². The number of hydrogen-bond donors (Lipinski definition) is 3. The molecule has 0 bridgehead atoms. The van der Waals surface area contributed by atoms with Crippen LogP contribution in [0.15, 0.2) is 18.2 Å². The van der Waals surface area contributed by atoms with Gasteiger partial charge in [-0.15, -0.1) is 0 Å². The highest BCUT2D eigenvalue weighted by molar-refractivity contribution is 5.94. The lowest BCUT2D eigenvalue weighted by Crippen LogP contribution is -2.15. The monoisotopic (exact) mass is 276 g/mol. The van der Waals surface area contributed by atoms with Gasteiger partial charge in [0.2, 0.25) is 5.91 Å². The number of rotatable bonds is 5. The van der Waals surface area contributed by atoms with Crippen LogP contribution in [0.25, 0.3) is 0 Å². The number of hydrogen-bond acceptors (Lipinski definition) is 3. The Balaban J connectivity index is 1.90. The highest BCUT2D eigenvalue weighted by Gasteiger charge is 2.16. The van der Waals surface area contributed by atoms with E-state index in [9.17, 15) is 9.59 Å². The zero-order valence-corrected chi connectivity index (χ0v) is 11.6. The summed E-state index contributed by atoms with van der Waals surface area (Å²) in [6, 6.07) is 4.95. The molecule has 2 rings (SSSR count). The summed E-state index contributed by atoms with van der Waals surface area (Å²) in [5, 5.41) is 15.1. The predicted molar refractivity (Wildman–Crippen MR) is 77.0 cm³/mol. The zero-order valence-electron chi connectivity index (χ0n) is 11.6. The zero-order chi connectivity index (χ0) is 14.5. The molecule has 1 saturated heterocycles. The number of anilines is 1. The minimum Gasteiger partial charge on any atom is -0.478 e. The van der Waals surface area contributed by atoms with E-state index < -0.39 is 5.97 Å². The Hall–Kier alpha value is -1.88. The Morgan fingerprint density at radius 1 is 1.45 bits per heavy atom. The molecule has 0 saturated carbocycles. The summed E-state index contributed by atoms with van der Waals surface area (Å²) < 4.78 is 0. The van der Waals surface area contributed by atoms with E-state index in [2.05, 4.69) is 10.6 Å². The first-order valence-corrected chi connectivity index (χ1v) is 6.91. The number of carbonyl (C=O) groups is 2. The van der Waals surface area contributed by atoms with Gasteiger partial charge in [-0.3, -0.25) is 4.79 Å². The summed E-state index contributed by atoms with van der Waals surface area (Å²) in [4.78, 5) is 22.9. The number of aryl methyl sites for hydroxylation is 1. The third-order valence-corrected chi connectivity index (χ3v) is 3.69. The largest absolute Gasteiger partial charge is 0.478 e. The maximum atomic E-state index is 11.9. The number of aromatic carboxylic acids is 1. The van der Waals surface area contributed by atoms with Crippen LogP contribution in [0.3, 0.4) is 0 Å². The van der Waals surface area contributed by atoms with E-state index in [0.717, 1.165) is 25.9 Å². The molecule has 1 aliphatic rings. The highest BCUT2D eigenvalue weighted by atomic mass is 16.4. The second kappa shape index (κ2) is 6.52. The average molecular weight is 276 g/mol. The summed E-state index contributed by atoms with van der Waals surface area (Å²) in [5.74, 6) is -0.457. The molecule has 0 aromatic heterocycles. The maximum absolute atomic E-state index is 11.9. The molecule has 0 spiro atoms. The Morgan fingerprint density at radius 3 is 2.90 bits per heavy atom. The minimum absolute atomic E-state index is 0.0582. The van der Waals surface area contributed by atoms with Crippen molar-refractivity contribution in [2.24, 2.45) is 5.92 Å². The standard InChI is InChI=1S/C15H20N2O3/c1-10-2-4-12(8-13(10)15(19)20)17-14(18)5-3-11-6-7-16-9-11/h2,4,8,11,16H,3,5-7,9H2,1H3,(H,17,18)(H,19,20). The van der Waals surface area contributed by atoms with Gasteiger partial charge in [-0.25, -0.2) is 4.79 Å². The summed E-state index contributed by atoms with van der Waals surface area (Å²) in [6.07, 6.45) is 2.47. The van der Waals surface area contributed by atoms with Crippen molar-refractivity contribution in [3.63, 3.8) is 0 Å². The first-order valence-electron chi connectivity index (χ1n) is 6.91. The summed E-state index contributed by atoms with van der Waals surface area (Å²) in [5.41, 5.74) is 1.46. The van der Waals surface area contributed by atoms with Crippen LogP contribution >= 0.6 is 0 Å². The molecular weight excluding hydrogens is 256 g/mol. The van der Waals surface area contributed by atoms with Crippen molar-refractivity contribution >= 4 is 17.6 Å². The molecule has 0 aliphatic carbocycles. The van der Waals surface area contributed by atoms with Gasteiger partial charge in [0, 0.05) is 12.1 Å². The van der Waals surface area contributed by atoms with E-state index in [1.165, 1.54) is 6.07 Å². The molecule has 20 heavy (non-hydrogen) atoms. The van der Waals surface area contributed by atoms with Gasteiger partial charge in [-0.1, -0.05) is 6.07 Å². The SMILES string of the molecule is Cc1ccc(NC(=O)CCC2CCNC2)cc1C(=O)O. The van der Waals surface area contributed by atoms with E-state index in [4.69, 9.17) is 5.11 Å². The normalized spacial score (nSPS) is 17.9. The number of carboxylic acid groups (broad SMARTS) is 1. The first kappa shape index (κ1) is 14.5. The molecule has 108 valence electrons. The van der Waals surface area contributed by atoms with Gasteiger partial charge in [0.1, 0.15) is 0 Å². The summed E-state index contributed by atoms with van der Waals surface area (Å²) in [7, 11) is 0. The van der Waals surface area contributed by atoms with Crippen LogP contribution in [0.1, 0.15) is 35.2 Å². The van der Waals surface area contributed by atoms with Crippen molar-refractivity contribution in [3.05, 3.63) is 29.3 Å². The summed E-state index contributed by atoms with van der Waals surface area (Å²) >= 11 is 0. The molecule has 3 N–H and O–H groups in total. The lowest BCUT2D eigenvalue weighted by atomic mass is 10.0. The number of nitrogens with one attached hydrogen (secondary N) is 2. The second-order valence-corrected chi connectivity index (χ2v) is 5.28. The fraction of sp³-hybridized carbons (Fsp3) is 0.467. The molecular formula is C15H20N2O3. The van der Waals surface area contributed by atoms with Gasteiger partial charge in [0.05, 0.1) is 5.56 Å². The fourth-order valence-corrected chi connectivity index (χ4v) is 2.45. The van der Waals surface area contributed by atoms with Crippen LogP contribution in [-0.4, -0.2) is 30.1 Å². The highest BCUT2D eigenvalue weighted by Crippen LogP contribution is 2.18. The summed E-state index contributed by atoms with van der Waals surface area (Å²) in [6.45, 7) is 3.76. The molecule has 0 radical (unpaired) electrons. The molecule has 5 nitrogen and oxygen atoms in total.